The second kappa shape index (κ2) is 9.55. The number of amidine groups is 1. The molecule has 3 aromatic carbocycles. The predicted molar refractivity (Wildman–Crippen MR) is 136 cm³/mol. The van der Waals surface area contributed by atoms with E-state index >= 15 is 0 Å². The number of hydrogen-bond donors (Lipinski definition) is 1. The largest absolute Gasteiger partial charge is 0.507 e. The Morgan fingerprint density at radius 1 is 1.06 bits per heavy atom. The number of phenols is 1. The summed E-state index contributed by atoms with van der Waals surface area (Å²) in [5.41, 5.74) is 3.78. The zero-order valence-electron chi connectivity index (χ0n) is 19.4. The van der Waals surface area contributed by atoms with Crippen LogP contribution in [0.5, 0.6) is 11.5 Å². The summed E-state index contributed by atoms with van der Waals surface area (Å²) < 4.78 is 5.61. The Labute approximate surface area is 204 Å². The van der Waals surface area contributed by atoms with Crippen molar-refractivity contribution in [2.75, 3.05) is 7.11 Å². The molecule has 2 unspecified atom stereocenters. The molecule has 0 saturated carbocycles. The third-order valence-corrected chi connectivity index (χ3v) is 7.70. The Hall–Kier alpha value is -3.25. The smallest absolute Gasteiger partial charge is 0.239 e. The number of carbonyl (C=O) groups is 1. The standard InChI is InChI=1S/C28H28N2O3S/c1-3-4-10-19-15-21-24-27(34-25(21)22(31)16-19)29-26(20-13-8-9-14-23(20)33-2)30(28(24)32)17-18-11-6-5-7-12-18/h5-9,11-16,24,27,31H,3-4,10,17H2,1-2H3. The number of thioether (sulfide) groups is 1. The summed E-state index contributed by atoms with van der Waals surface area (Å²) in [6, 6.07) is 21.6. The summed E-state index contributed by atoms with van der Waals surface area (Å²) in [5, 5.41) is 10.5. The fourth-order valence-corrected chi connectivity index (χ4v) is 6.00. The van der Waals surface area contributed by atoms with E-state index in [2.05, 4.69) is 13.0 Å². The van der Waals surface area contributed by atoms with Gasteiger partial charge in [-0.1, -0.05) is 73.6 Å². The molecule has 2 atom stereocenters. The third kappa shape index (κ3) is 4.07. The molecule has 0 saturated heterocycles. The molecule has 174 valence electrons. The first-order valence-electron chi connectivity index (χ1n) is 11.7. The van der Waals surface area contributed by atoms with E-state index in [-0.39, 0.29) is 17.0 Å². The van der Waals surface area contributed by atoms with Crippen molar-refractivity contribution in [3.8, 4) is 11.5 Å². The first kappa shape index (κ1) is 22.5. The summed E-state index contributed by atoms with van der Waals surface area (Å²) >= 11 is 1.48. The lowest BCUT2D eigenvalue weighted by atomic mass is 9.92. The molecule has 2 aliphatic heterocycles. The second-order valence-corrected chi connectivity index (χ2v) is 9.81. The van der Waals surface area contributed by atoms with Crippen molar-refractivity contribution in [2.24, 2.45) is 4.99 Å². The lowest BCUT2D eigenvalue weighted by Crippen LogP contribution is -2.46. The number of hydrogen-bond acceptors (Lipinski definition) is 5. The fourth-order valence-electron chi connectivity index (χ4n) is 4.70. The van der Waals surface area contributed by atoms with Crippen molar-refractivity contribution in [1.29, 1.82) is 0 Å². The van der Waals surface area contributed by atoms with Crippen LogP contribution in [-0.2, 0) is 17.8 Å². The van der Waals surface area contributed by atoms with E-state index in [1.54, 1.807) is 12.0 Å². The maximum Gasteiger partial charge on any atom is 0.239 e. The number of phenolic OH excluding ortho intramolecular Hbond substituents is 1. The molecule has 0 radical (unpaired) electrons. The molecule has 0 bridgehead atoms. The van der Waals surface area contributed by atoms with Crippen molar-refractivity contribution in [3.63, 3.8) is 0 Å². The van der Waals surface area contributed by atoms with E-state index in [9.17, 15) is 9.90 Å². The van der Waals surface area contributed by atoms with Crippen molar-refractivity contribution in [3.05, 3.63) is 89.0 Å². The number of methoxy groups -OCH3 is 1. The molecule has 1 amide bonds. The topological polar surface area (TPSA) is 62.1 Å². The van der Waals surface area contributed by atoms with Crippen LogP contribution in [0.25, 0.3) is 0 Å². The summed E-state index contributed by atoms with van der Waals surface area (Å²) in [6.07, 6.45) is 3.01. The van der Waals surface area contributed by atoms with Crippen molar-refractivity contribution >= 4 is 23.5 Å². The number of benzene rings is 3. The van der Waals surface area contributed by atoms with Gasteiger partial charge in [-0.2, -0.15) is 0 Å². The van der Waals surface area contributed by atoms with Crippen LogP contribution < -0.4 is 4.74 Å². The van der Waals surface area contributed by atoms with E-state index in [1.807, 2.05) is 60.7 Å². The van der Waals surface area contributed by atoms with Crippen molar-refractivity contribution in [1.82, 2.24) is 4.90 Å². The third-order valence-electron chi connectivity index (χ3n) is 6.40. The maximum atomic E-state index is 14.1. The van der Waals surface area contributed by atoms with E-state index in [4.69, 9.17) is 9.73 Å². The maximum absolute atomic E-state index is 14.1. The van der Waals surface area contributed by atoms with E-state index in [0.29, 0.717) is 18.1 Å². The number of unbranched alkanes of at least 4 members (excludes halogenated alkanes) is 1. The first-order chi connectivity index (χ1) is 16.6. The van der Waals surface area contributed by atoms with Gasteiger partial charge in [-0.3, -0.25) is 14.7 Å². The normalized spacial score (nSPS) is 18.9. The number of carbonyl (C=O) groups excluding carboxylic acids is 1. The quantitative estimate of drug-likeness (QED) is 0.476. The highest BCUT2D eigenvalue weighted by atomic mass is 32.2. The SMILES string of the molecule is CCCCc1cc(O)c2c(c1)C1C(=O)N(Cc3ccccc3)C(c3ccccc3OC)=NC1S2. The summed E-state index contributed by atoms with van der Waals surface area (Å²) in [7, 11) is 1.63. The Balaban J connectivity index is 1.61. The van der Waals surface area contributed by atoms with Crippen LogP contribution in [-0.4, -0.2) is 34.2 Å². The van der Waals surface area contributed by atoms with Crippen LogP contribution >= 0.6 is 11.8 Å². The number of aliphatic imine (C=N–C) groups is 1. The van der Waals surface area contributed by atoms with Crippen LogP contribution in [0.1, 0.15) is 47.9 Å². The highest BCUT2D eigenvalue weighted by Crippen LogP contribution is 2.53. The van der Waals surface area contributed by atoms with Gasteiger partial charge in [0.25, 0.3) is 0 Å². The van der Waals surface area contributed by atoms with Gasteiger partial charge in [0.1, 0.15) is 22.7 Å². The average molecular weight is 473 g/mol. The number of nitrogens with zero attached hydrogens (tertiary/aromatic N) is 2. The van der Waals surface area contributed by atoms with Crippen LogP contribution in [0.4, 0.5) is 0 Å². The molecule has 0 spiro atoms. The van der Waals surface area contributed by atoms with Gasteiger partial charge in [0.05, 0.1) is 30.0 Å². The Bertz CT molecular complexity index is 1240. The number of aryl methyl sites for hydroxylation is 1. The van der Waals surface area contributed by atoms with Crippen LogP contribution in [0.15, 0.2) is 76.6 Å². The van der Waals surface area contributed by atoms with Gasteiger partial charge in [-0.15, -0.1) is 0 Å². The van der Waals surface area contributed by atoms with Crippen molar-refractivity contribution < 1.29 is 14.6 Å². The van der Waals surface area contributed by atoms with E-state index in [0.717, 1.165) is 46.4 Å². The lowest BCUT2D eigenvalue weighted by molar-refractivity contribution is -0.130. The molecule has 0 aromatic heterocycles. The summed E-state index contributed by atoms with van der Waals surface area (Å²) in [6.45, 7) is 2.57. The molecule has 34 heavy (non-hydrogen) atoms. The Kier molecular flexibility index (Phi) is 6.33. The summed E-state index contributed by atoms with van der Waals surface area (Å²) in [5.74, 6) is 1.12. The molecule has 1 N–H and O–H groups in total. The Morgan fingerprint density at radius 2 is 1.82 bits per heavy atom. The molecule has 5 nitrogen and oxygen atoms in total. The average Bonchev–Trinajstić information content (AvgIpc) is 3.24. The van der Waals surface area contributed by atoms with Gasteiger partial charge in [0.15, 0.2) is 0 Å². The molecule has 0 aliphatic carbocycles. The van der Waals surface area contributed by atoms with Gasteiger partial charge in [0, 0.05) is 0 Å². The van der Waals surface area contributed by atoms with Crippen LogP contribution in [0.3, 0.4) is 0 Å². The van der Waals surface area contributed by atoms with Gasteiger partial charge in [-0.05, 0) is 47.7 Å². The minimum Gasteiger partial charge on any atom is -0.507 e. The number of fused-ring (bicyclic) bond motifs is 3. The van der Waals surface area contributed by atoms with Crippen LogP contribution in [0.2, 0.25) is 0 Å². The predicted octanol–water partition coefficient (Wildman–Crippen LogP) is 5.75. The second-order valence-electron chi connectivity index (χ2n) is 8.69. The van der Waals surface area contributed by atoms with E-state index in [1.165, 1.54) is 11.8 Å². The molecular weight excluding hydrogens is 444 g/mol. The molecule has 3 aromatic rings. The highest BCUT2D eigenvalue weighted by Gasteiger charge is 2.46. The molecule has 2 heterocycles. The highest BCUT2D eigenvalue weighted by molar-refractivity contribution is 8.00. The van der Waals surface area contributed by atoms with Crippen LogP contribution in [0, 0.1) is 0 Å². The van der Waals surface area contributed by atoms with Crippen molar-refractivity contribution in [2.45, 2.75) is 48.9 Å². The zero-order valence-corrected chi connectivity index (χ0v) is 20.2. The minimum absolute atomic E-state index is 0.00282. The van der Waals surface area contributed by atoms with Gasteiger partial charge >= 0.3 is 0 Å². The first-order valence-corrected chi connectivity index (χ1v) is 12.6. The molecule has 2 aliphatic rings. The fraction of sp³-hybridized carbons (Fsp3) is 0.286. The minimum atomic E-state index is -0.422. The van der Waals surface area contributed by atoms with Gasteiger partial charge in [-0.25, -0.2) is 0 Å². The number of rotatable bonds is 7. The van der Waals surface area contributed by atoms with Gasteiger partial charge in [0.2, 0.25) is 5.91 Å². The summed E-state index contributed by atoms with van der Waals surface area (Å²) in [4.78, 5) is 21.7. The number of para-hydroxylation sites is 1. The molecule has 6 heteroatoms. The van der Waals surface area contributed by atoms with E-state index < -0.39 is 5.92 Å². The molecular formula is C28H28N2O3S. The zero-order chi connectivity index (χ0) is 23.7. The Morgan fingerprint density at radius 3 is 2.59 bits per heavy atom. The lowest BCUT2D eigenvalue weighted by Gasteiger charge is -2.34. The number of aromatic hydroxyl groups is 1. The number of ether oxygens (including phenoxy) is 1. The monoisotopic (exact) mass is 472 g/mol. The van der Waals surface area contributed by atoms with Gasteiger partial charge < -0.3 is 9.84 Å². The molecule has 0 fully saturated rings. The number of amides is 1. The molecule has 5 rings (SSSR count).